The second kappa shape index (κ2) is 12.0. The van der Waals surface area contributed by atoms with Gasteiger partial charge in [0.2, 0.25) is 0 Å². The summed E-state index contributed by atoms with van der Waals surface area (Å²) >= 11 is 0. The molecule has 28 heavy (non-hydrogen) atoms. The van der Waals surface area contributed by atoms with Crippen LogP contribution in [0, 0.1) is 35.0 Å². The van der Waals surface area contributed by atoms with Gasteiger partial charge in [0.05, 0.1) is 0 Å². The minimum absolute atomic E-state index is 0.532. The van der Waals surface area contributed by atoms with Crippen LogP contribution in [0.15, 0.2) is 24.3 Å². The molecule has 0 bridgehead atoms. The zero-order chi connectivity index (χ0) is 21.3. The first-order valence-electron chi connectivity index (χ1n) is 12.0. The molecule has 0 heterocycles. The Morgan fingerprint density at radius 3 is 1.61 bits per heavy atom. The van der Waals surface area contributed by atoms with E-state index in [1.54, 1.807) is 0 Å². The summed E-state index contributed by atoms with van der Waals surface area (Å²) in [4.78, 5) is 0. The monoisotopic (exact) mass is 386 g/mol. The van der Waals surface area contributed by atoms with Gasteiger partial charge in [0, 0.05) is 0 Å². The predicted octanol–water partition coefficient (Wildman–Crippen LogP) is 8.97. The maximum absolute atomic E-state index is 2.39. The molecule has 0 heteroatoms. The van der Waals surface area contributed by atoms with Gasteiger partial charge in [0.25, 0.3) is 0 Å². The molecule has 1 aromatic rings. The van der Waals surface area contributed by atoms with Crippen molar-refractivity contribution in [3.05, 3.63) is 35.4 Å². The lowest BCUT2D eigenvalue weighted by Crippen LogP contribution is -2.18. The van der Waals surface area contributed by atoms with Gasteiger partial charge < -0.3 is 0 Å². The first kappa shape index (κ1) is 25.3. The number of rotatable bonds is 7. The van der Waals surface area contributed by atoms with Crippen LogP contribution in [0.4, 0.5) is 0 Å². The van der Waals surface area contributed by atoms with Gasteiger partial charge >= 0.3 is 0 Å². The zero-order valence-corrected chi connectivity index (χ0v) is 20.6. The van der Waals surface area contributed by atoms with E-state index in [4.69, 9.17) is 0 Å². The lowest BCUT2D eigenvalue weighted by molar-refractivity contribution is 0.227. The van der Waals surface area contributed by atoms with Gasteiger partial charge in [-0.3, -0.25) is 0 Å². The van der Waals surface area contributed by atoms with E-state index in [2.05, 4.69) is 86.6 Å². The van der Waals surface area contributed by atoms with Gasteiger partial charge in [0.1, 0.15) is 0 Å². The quantitative estimate of drug-likeness (QED) is 0.438. The molecule has 162 valence electrons. The molecule has 0 amide bonds. The van der Waals surface area contributed by atoms with E-state index in [9.17, 15) is 0 Å². The molecule has 1 aliphatic carbocycles. The molecule has 1 fully saturated rings. The van der Waals surface area contributed by atoms with Crippen molar-refractivity contribution in [1.29, 1.82) is 0 Å². The molecular weight excluding hydrogens is 336 g/mol. The molecule has 0 N–H and O–H groups in total. The maximum Gasteiger partial charge on any atom is -0.0253 e. The van der Waals surface area contributed by atoms with E-state index in [0.29, 0.717) is 5.41 Å². The van der Waals surface area contributed by atoms with E-state index < -0.39 is 0 Å². The first-order valence-corrected chi connectivity index (χ1v) is 12.0. The third-order valence-electron chi connectivity index (χ3n) is 5.84. The Balaban J connectivity index is 0.000000280. The maximum atomic E-state index is 2.39. The summed E-state index contributed by atoms with van der Waals surface area (Å²) in [5.74, 6) is 4.46. The average molecular weight is 387 g/mol. The van der Waals surface area contributed by atoms with Crippen molar-refractivity contribution < 1.29 is 0 Å². The topological polar surface area (TPSA) is 0 Å². The molecule has 1 aromatic carbocycles. The molecule has 0 radical (unpaired) electrons. The highest BCUT2D eigenvalue weighted by Crippen LogP contribution is 2.42. The Hall–Kier alpha value is -0.780. The summed E-state index contributed by atoms with van der Waals surface area (Å²) in [6, 6.07) is 8.86. The highest BCUT2D eigenvalue weighted by Gasteiger charge is 2.30. The van der Waals surface area contributed by atoms with Gasteiger partial charge in [-0.15, -0.1) is 0 Å². The van der Waals surface area contributed by atoms with E-state index in [0.717, 1.165) is 29.6 Å². The summed E-state index contributed by atoms with van der Waals surface area (Å²) in [7, 11) is 0. The number of benzene rings is 1. The van der Waals surface area contributed by atoms with E-state index in [1.165, 1.54) is 56.1 Å². The molecular formula is C28H50. The van der Waals surface area contributed by atoms with Crippen molar-refractivity contribution in [3.63, 3.8) is 0 Å². The van der Waals surface area contributed by atoms with Crippen molar-refractivity contribution in [3.8, 4) is 0 Å². The Labute approximate surface area is 177 Å². The molecule has 0 spiro atoms. The van der Waals surface area contributed by atoms with Crippen LogP contribution in [0.3, 0.4) is 0 Å². The van der Waals surface area contributed by atoms with Crippen molar-refractivity contribution in [2.24, 2.45) is 35.0 Å². The second-order valence-electron chi connectivity index (χ2n) is 11.8. The lowest BCUT2D eigenvalue weighted by Gasteiger charge is -2.28. The van der Waals surface area contributed by atoms with E-state index in [-0.39, 0.29) is 0 Å². The summed E-state index contributed by atoms with van der Waals surface area (Å²) in [6.45, 7) is 21.0. The summed E-state index contributed by atoms with van der Waals surface area (Å²) in [5, 5.41) is 0. The molecule has 0 nitrogen and oxygen atoms in total. The molecule has 0 aliphatic heterocycles. The Morgan fingerprint density at radius 1 is 0.750 bits per heavy atom. The van der Waals surface area contributed by atoms with Crippen LogP contribution in [0.25, 0.3) is 0 Å². The summed E-state index contributed by atoms with van der Waals surface area (Å²) in [5.41, 5.74) is 3.61. The van der Waals surface area contributed by atoms with Crippen LogP contribution in [0.5, 0.6) is 0 Å². The van der Waals surface area contributed by atoms with Crippen LogP contribution >= 0.6 is 0 Å². The predicted molar refractivity (Wildman–Crippen MR) is 128 cm³/mol. The highest BCUT2D eigenvalue weighted by molar-refractivity contribution is 5.27. The summed E-state index contributed by atoms with van der Waals surface area (Å²) in [6.07, 6.45) is 9.79. The third-order valence-corrected chi connectivity index (χ3v) is 5.84. The van der Waals surface area contributed by atoms with Gasteiger partial charge in [-0.2, -0.15) is 0 Å². The van der Waals surface area contributed by atoms with Gasteiger partial charge in [-0.25, -0.2) is 0 Å². The van der Waals surface area contributed by atoms with Crippen molar-refractivity contribution >= 4 is 0 Å². The Bertz CT molecular complexity index is 500. The number of hydrogen-bond donors (Lipinski definition) is 0. The van der Waals surface area contributed by atoms with Crippen LogP contribution < -0.4 is 0 Å². The van der Waals surface area contributed by atoms with Crippen LogP contribution in [0.2, 0.25) is 0 Å². The van der Waals surface area contributed by atoms with E-state index in [1.807, 2.05) is 0 Å². The first-order chi connectivity index (χ1) is 13.0. The largest absolute Gasteiger partial charge is 0.0628 e. The minimum Gasteiger partial charge on any atom is -0.0628 e. The molecule has 1 aliphatic rings. The van der Waals surface area contributed by atoms with E-state index >= 15 is 0 Å². The third kappa shape index (κ3) is 10.7. The van der Waals surface area contributed by atoms with Crippen molar-refractivity contribution in [2.75, 3.05) is 0 Å². The molecule has 0 saturated heterocycles. The van der Waals surface area contributed by atoms with Gasteiger partial charge in [0.15, 0.2) is 0 Å². The summed E-state index contributed by atoms with van der Waals surface area (Å²) < 4.78 is 0. The van der Waals surface area contributed by atoms with Crippen molar-refractivity contribution in [2.45, 2.75) is 107 Å². The van der Waals surface area contributed by atoms with Crippen LogP contribution in [-0.4, -0.2) is 0 Å². The SMILES string of the molecule is CC(C)CC1CCCC1CC(C)(C)C.CC(C)Cc1ccccc1CC(C)C. The highest BCUT2D eigenvalue weighted by atomic mass is 14.4. The normalized spacial score (nSPS) is 20.0. The fourth-order valence-electron chi connectivity index (χ4n) is 4.92. The molecule has 2 atom stereocenters. The molecule has 2 rings (SSSR count). The van der Waals surface area contributed by atoms with Crippen LogP contribution in [0.1, 0.15) is 106 Å². The van der Waals surface area contributed by atoms with Crippen LogP contribution in [-0.2, 0) is 12.8 Å². The minimum atomic E-state index is 0.532. The Kier molecular flexibility index (Phi) is 10.9. The molecule has 1 saturated carbocycles. The molecule has 0 aromatic heterocycles. The fraction of sp³-hybridized carbons (Fsp3) is 0.786. The Morgan fingerprint density at radius 2 is 1.21 bits per heavy atom. The lowest BCUT2D eigenvalue weighted by atomic mass is 9.78. The van der Waals surface area contributed by atoms with Gasteiger partial charge in [-0.05, 0) is 71.8 Å². The zero-order valence-electron chi connectivity index (χ0n) is 20.6. The average Bonchev–Trinajstić information content (AvgIpc) is 2.93. The smallest absolute Gasteiger partial charge is 0.0253 e. The van der Waals surface area contributed by atoms with Gasteiger partial charge in [-0.1, -0.05) is 106 Å². The standard InChI is InChI=1S/C14H28.C14H22/c1-11(2)9-12-7-6-8-13(12)10-14(3,4)5;1-11(2)9-13-7-5-6-8-14(13)10-12(3)4/h11-13H,6-10H2,1-5H3;5-8,11-12H,9-10H2,1-4H3. The molecule has 2 unspecified atom stereocenters. The number of hydrogen-bond acceptors (Lipinski definition) is 0. The fourth-order valence-corrected chi connectivity index (χ4v) is 4.92. The van der Waals surface area contributed by atoms with Crippen molar-refractivity contribution in [1.82, 2.24) is 0 Å². The second-order valence-corrected chi connectivity index (χ2v) is 11.8.